The first kappa shape index (κ1) is 30.3. The number of carbonyl (C=O) groups is 4. The summed E-state index contributed by atoms with van der Waals surface area (Å²) >= 11 is 3.09. The van der Waals surface area contributed by atoms with Crippen LogP contribution in [-0.4, -0.2) is 23.1 Å². The van der Waals surface area contributed by atoms with Gasteiger partial charge in [0.15, 0.2) is 34.5 Å². The molecule has 0 saturated carbocycles. The van der Waals surface area contributed by atoms with E-state index in [1.807, 2.05) is 19.1 Å². The van der Waals surface area contributed by atoms with E-state index in [0.29, 0.717) is 16.7 Å². The number of carbonyl (C=O) groups excluding carboxylic acids is 4. The lowest BCUT2D eigenvalue weighted by molar-refractivity contribution is 0.0975. The second kappa shape index (κ2) is 10.7. The number of ketones is 4. The van der Waals surface area contributed by atoms with E-state index in [9.17, 15) is 24.4 Å². The Balaban J connectivity index is 1.13. The highest BCUT2D eigenvalue weighted by Crippen LogP contribution is 2.54. The van der Waals surface area contributed by atoms with Crippen LogP contribution in [0.25, 0.3) is 33.0 Å². The molecule has 0 aliphatic heterocycles. The molecule has 2 aromatic heterocycles. The summed E-state index contributed by atoms with van der Waals surface area (Å²) in [5.41, 5.74) is 6.44. The fourth-order valence-electron chi connectivity index (χ4n) is 7.18. The van der Waals surface area contributed by atoms with E-state index >= 15 is 0 Å². The minimum Gasteiger partial charge on any atom is -0.288 e. The van der Waals surface area contributed by atoms with Gasteiger partial charge in [-0.25, -0.2) is 0 Å². The van der Waals surface area contributed by atoms with Gasteiger partial charge < -0.3 is 0 Å². The smallest absolute Gasteiger partial charge is 0.197 e. The zero-order chi connectivity index (χ0) is 34.5. The van der Waals surface area contributed by atoms with Crippen LogP contribution in [0.5, 0.6) is 0 Å². The third-order valence-electron chi connectivity index (χ3n) is 9.63. The third-order valence-corrected chi connectivity index (χ3v) is 12.0. The number of nitrogens with zero attached hydrogens (tertiary/aromatic N) is 3. The Morgan fingerprint density at radius 3 is 1.45 bits per heavy atom. The van der Waals surface area contributed by atoms with Crippen molar-refractivity contribution >= 4 is 80.5 Å². The Bertz CT molecular complexity index is 2550. The number of nitriles is 1. The zero-order valence-electron chi connectivity index (χ0n) is 26.2. The van der Waals surface area contributed by atoms with Gasteiger partial charge in [-0.05, 0) is 85.0 Å². The van der Waals surface area contributed by atoms with E-state index in [2.05, 4.69) is 34.8 Å². The summed E-state index contributed by atoms with van der Waals surface area (Å²) in [6.07, 6.45) is 7.77. The van der Waals surface area contributed by atoms with Crippen molar-refractivity contribution in [3.05, 3.63) is 147 Å². The van der Waals surface area contributed by atoms with E-state index in [0.717, 1.165) is 41.8 Å². The third kappa shape index (κ3) is 4.36. The molecule has 0 saturated heterocycles. The summed E-state index contributed by atoms with van der Waals surface area (Å²) in [6, 6.07) is 11.9. The summed E-state index contributed by atoms with van der Waals surface area (Å²) in [5, 5.41) is 9.43. The summed E-state index contributed by atoms with van der Waals surface area (Å²) in [5.74, 6) is -1.55. The maximum Gasteiger partial charge on any atom is 0.197 e. The van der Waals surface area contributed by atoms with Crippen LogP contribution in [-0.2, 0) is 0 Å². The highest BCUT2D eigenvalue weighted by atomic mass is 32.1. The van der Waals surface area contributed by atoms with Gasteiger partial charge in [0, 0.05) is 53.6 Å². The highest BCUT2D eigenvalue weighted by molar-refractivity contribution is 7.14. The summed E-state index contributed by atoms with van der Waals surface area (Å²) in [4.78, 5) is 63.8. The topological polar surface area (TPSA) is 101 Å². The number of thiophene rings is 2. The number of rotatable bonds is 2. The normalized spacial score (nSPS) is 19.3. The van der Waals surface area contributed by atoms with Gasteiger partial charge in [-0.15, -0.1) is 22.7 Å². The molecule has 2 unspecified atom stereocenters. The predicted octanol–water partition coefficient (Wildman–Crippen LogP) is 9.72. The highest BCUT2D eigenvalue weighted by Gasteiger charge is 2.38. The lowest BCUT2D eigenvalue weighted by atomic mass is 9.75. The second-order valence-electron chi connectivity index (χ2n) is 12.5. The molecule has 0 bridgehead atoms. The molecule has 49 heavy (non-hydrogen) atoms. The predicted molar refractivity (Wildman–Crippen MR) is 190 cm³/mol. The molecule has 9 heteroatoms. The molecule has 0 radical (unpaired) electrons. The molecule has 4 aliphatic rings. The molecule has 0 N–H and O–H groups in total. The van der Waals surface area contributed by atoms with Crippen molar-refractivity contribution in [2.75, 3.05) is 0 Å². The molecule has 0 amide bonds. The molecule has 4 aromatic rings. The van der Waals surface area contributed by atoms with Crippen LogP contribution >= 0.6 is 22.7 Å². The molecule has 2 heterocycles. The monoisotopic (exact) mass is 671 g/mol. The summed E-state index contributed by atoms with van der Waals surface area (Å²) in [6.45, 7) is 20.6. The van der Waals surface area contributed by atoms with Crippen molar-refractivity contribution in [1.82, 2.24) is 0 Å². The molecule has 2 aromatic carbocycles. The molecular formula is C40H21N3O4S2. The van der Waals surface area contributed by atoms with E-state index in [-0.39, 0.29) is 62.6 Å². The zero-order valence-corrected chi connectivity index (χ0v) is 27.9. The minimum atomic E-state index is -0.445. The SMILES string of the molecule is [C-]#[N+]c1cc2c(cc1[N+]#[C-])C(=O)C(=Cc1cc3c(s1)C1C=C(C)c4cc(/C=C5\C(=O)c6cc(C)c(C#N)cc6C5=O)sc4C1C=C3C)C2=O. The van der Waals surface area contributed by atoms with Crippen molar-refractivity contribution in [1.29, 1.82) is 5.26 Å². The van der Waals surface area contributed by atoms with Gasteiger partial charge in [0.05, 0.1) is 35.9 Å². The van der Waals surface area contributed by atoms with Crippen LogP contribution < -0.4 is 0 Å². The lowest BCUT2D eigenvalue weighted by Gasteiger charge is -2.31. The molecular weight excluding hydrogens is 651 g/mol. The van der Waals surface area contributed by atoms with Crippen LogP contribution in [0.1, 0.15) is 109 Å². The van der Waals surface area contributed by atoms with E-state index < -0.39 is 11.6 Å². The van der Waals surface area contributed by atoms with Gasteiger partial charge in [0.2, 0.25) is 0 Å². The standard InChI is InChI=1S/C40H21N3O4S2/c1-17-6-25-26(9-20(17)16-41)36(45)31(35(25)44)12-21-10-23-18(2)7-30-29(39(23)48-21)8-19(3)24-11-22(49-40(24)30)13-32-37(46)27-14-33(42-4)34(43-5)15-28(27)38(32)47/h6-15,29-30H,1-3H3/b31-12+. The van der Waals surface area contributed by atoms with Crippen LogP contribution in [0, 0.1) is 31.4 Å². The minimum absolute atomic E-state index is 0.0171. The van der Waals surface area contributed by atoms with Gasteiger partial charge in [0.25, 0.3) is 0 Å². The Hall–Kier alpha value is -6.05. The number of benzene rings is 2. The average Bonchev–Trinajstić information content (AvgIpc) is 3.83. The molecule has 4 aliphatic carbocycles. The first-order chi connectivity index (χ1) is 23.5. The largest absolute Gasteiger partial charge is 0.288 e. The van der Waals surface area contributed by atoms with Crippen LogP contribution in [0.15, 0.2) is 59.7 Å². The lowest BCUT2D eigenvalue weighted by Crippen LogP contribution is -2.15. The maximum absolute atomic E-state index is 13.3. The fourth-order valence-corrected chi connectivity index (χ4v) is 9.75. The van der Waals surface area contributed by atoms with E-state index in [1.165, 1.54) is 29.5 Å². The van der Waals surface area contributed by atoms with Crippen LogP contribution in [0.3, 0.4) is 0 Å². The quantitative estimate of drug-likeness (QED) is 0.120. The first-order valence-corrected chi connectivity index (χ1v) is 16.9. The van der Waals surface area contributed by atoms with Gasteiger partial charge in [-0.1, -0.05) is 24.3 Å². The second-order valence-corrected chi connectivity index (χ2v) is 14.7. The first-order valence-electron chi connectivity index (χ1n) is 15.3. The molecule has 7 nitrogen and oxygen atoms in total. The van der Waals surface area contributed by atoms with E-state index in [4.69, 9.17) is 13.1 Å². The van der Waals surface area contributed by atoms with Crippen molar-refractivity contribution < 1.29 is 19.2 Å². The van der Waals surface area contributed by atoms with Crippen molar-refractivity contribution in [3.8, 4) is 6.07 Å². The van der Waals surface area contributed by atoms with E-state index in [1.54, 1.807) is 36.5 Å². The Kier molecular flexibility index (Phi) is 6.64. The fraction of sp³-hybridized carbons (Fsp3) is 0.125. The Labute approximate surface area is 289 Å². The molecule has 0 fully saturated rings. The van der Waals surface area contributed by atoms with Gasteiger partial charge in [-0.3, -0.25) is 28.9 Å². The maximum atomic E-state index is 13.3. The Morgan fingerprint density at radius 1 is 0.633 bits per heavy atom. The average molecular weight is 672 g/mol. The van der Waals surface area contributed by atoms with Gasteiger partial charge in [0.1, 0.15) is 0 Å². The van der Waals surface area contributed by atoms with Gasteiger partial charge >= 0.3 is 0 Å². The number of hydrogen-bond donors (Lipinski definition) is 0. The summed E-state index contributed by atoms with van der Waals surface area (Å²) in [7, 11) is 0. The number of Topliss-reactive ketones (excluding diaryl/α,β-unsaturated/α-hetero) is 4. The van der Waals surface area contributed by atoms with Crippen LogP contribution in [0.2, 0.25) is 0 Å². The van der Waals surface area contributed by atoms with Crippen molar-refractivity contribution in [2.24, 2.45) is 0 Å². The van der Waals surface area contributed by atoms with Crippen molar-refractivity contribution in [3.63, 3.8) is 0 Å². The molecule has 2 atom stereocenters. The number of allylic oxidation sites excluding steroid dienone is 6. The van der Waals surface area contributed by atoms with Crippen molar-refractivity contribution in [2.45, 2.75) is 32.6 Å². The molecule has 0 spiro atoms. The number of aryl methyl sites for hydroxylation is 1. The van der Waals surface area contributed by atoms with Crippen LogP contribution in [0.4, 0.5) is 11.4 Å². The molecule has 8 rings (SSSR count). The number of fused-ring (bicyclic) bond motifs is 7. The number of hydrogen-bond acceptors (Lipinski definition) is 7. The molecule has 232 valence electrons. The Morgan fingerprint density at radius 2 is 1.04 bits per heavy atom. The van der Waals surface area contributed by atoms with Gasteiger partial charge in [-0.2, -0.15) is 5.26 Å². The summed E-state index contributed by atoms with van der Waals surface area (Å²) < 4.78 is 0.